The van der Waals surface area contributed by atoms with Crippen molar-refractivity contribution in [2.45, 2.75) is 13.8 Å². The number of aromatic nitrogens is 2. The molecule has 2 aromatic carbocycles. The number of carbonyl (C=O) groups is 1. The van der Waals surface area contributed by atoms with E-state index in [0.717, 1.165) is 41.3 Å². The molecular formula is C23H24N4O. The van der Waals surface area contributed by atoms with Gasteiger partial charge in [0.15, 0.2) is 5.82 Å². The normalized spacial score (nSPS) is 14.2. The maximum Gasteiger partial charge on any atom is 0.254 e. The van der Waals surface area contributed by atoms with Gasteiger partial charge in [-0.2, -0.15) is 0 Å². The Labute approximate surface area is 165 Å². The number of piperazine rings is 1. The minimum Gasteiger partial charge on any atom is -0.352 e. The summed E-state index contributed by atoms with van der Waals surface area (Å²) in [5, 5.41) is 8.81. The van der Waals surface area contributed by atoms with Crippen molar-refractivity contribution in [3.8, 4) is 11.3 Å². The topological polar surface area (TPSA) is 49.3 Å². The molecule has 0 saturated carbocycles. The first kappa shape index (κ1) is 18.2. The van der Waals surface area contributed by atoms with Crippen molar-refractivity contribution in [2.24, 2.45) is 0 Å². The first-order valence-corrected chi connectivity index (χ1v) is 9.62. The van der Waals surface area contributed by atoms with E-state index in [1.807, 2.05) is 48.2 Å². The number of anilines is 1. The summed E-state index contributed by atoms with van der Waals surface area (Å²) in [4.78, 5) is 16.9. The van der Waals surface area contributed by atoms with Gasteiger partial charge in [-0.3, -0.25) is 4.79 Å². The van der Waals surface area contributed by atoms with E-state index in [0.29, 0.717) is 13.1 Å². The third-order valence-electron chi connectivity index (χ3n) is 5.26. The number of aryl methyl sites for hydroxylation is 2. The number of carbonyl (C=O) groups excluding carboxylic acids is 1. The second-order valence-electron chi connectivity index (χ2n) is 7.24. The van der Waals surface area contributed by atoms with Crippen LogP contribution in [0.2, 0.25) is 0 Å². The molecule has 0 bridgehead atoms. The molecule has 142 valence electrons. The molecule has 2 heterocycles. The number of hydrogen-bond donors (Lipinski definition) is 0. The van der Waals surface area contributed by atoms with Crippen molar-refractivity contribution in [3.63, 3.8) is 0 Å². The van der Waals surface area contributed by atoms with Crippen LogP contribution in [0, 0.1) is 13.8 Å². The molecule has 1 amide bonds. The molecule has 1 aliphatic rings. The van der Waals surface area contributed by atoms with Crippen LogP contribution in [0.1, 0.15) is 21.5 Å². The fourth-order valence-corrected chi connectivity index (χ4v) is 3.49. The van der Waals surface area contributed by atoms with Gasteiger partial charge in [0.25, 0.3) is 5.91 Å². The molecule has 4 rings (SSSR count). The van der Waals surface area contributed by atoms with E-state index in [9.17, 15) is 4.79 Å². The van der Waals surface area contributed by atoms with Crippen molar-refractivity contribution in [1.29, 1.82) is 0 Å². The Kier molecular flexibility index (Phi) is 5.06. The minimum atomic E-state index is 0.110. The summed E-state index contributed by atoms with van der Waals surface area (Å²) < 4.78 is 0. The van der Waals surface area contributed by atoms with Crippen LogP contribution in [0.5, 0.6) is 0 Å². The second kappa shape index (κ2) is 7.80. The third kappa shape index (κ3) is 3.74. The molecule has 0 spiro atoms. The van der Waals surface area contributed by atoms with Crippen LogP contribution in [0.3, 0.4) is 0 Å². The molecule has 0 atom stereocenters. The van der Waals surface area contributed by atoms with E-state index in [-0.39, 0.29) is 5.91 Å². The molecule has 1 aromatic heterocycles. The lowest BCUT2D eigenvalue weighted by molar-refractivity contribution is 0.0745. The van der Waals surface area contributed by atoms with Gasteiger partial charge in [-0.05, 0) is 37.6 Å². The van der Waals surface area contributed by atoms with Crippen molar-refractivity contribution < 1.29 is 4.79 Å². The average Bonchev–Trinajstić information content (AvgIpc) is 2.74. The van der Waals surface area contributed by atoms with Crippen LogP contribution in [0.4, 0.5) is 5.82 Å². The third-order valence-corrected chi connectivity index (χ3v) is 5.26. The van der Waals surface area contributed by atoms with Crippen LogP contribution >= 0.6 is 0 Å². The first-order chi connectivity index (χ1) is 13.6. The lowest BCUT2D eigenvalue weighted by Crippen LogP contribution is -2.49. The van der Waals surface area contributed by atoms with Crippen LogP contribution in [-0.2, 0) is 0 Å². The highest BCUT2D eigenvalue weighted by atomic mass is 16.2. The molecule has 5 heteroatoms. The van der Waals surface area contributed by atoms with Crippen LogP contribution < -0.4 is 4.90 Å². The Morgan fingerprint density at radius 3 is 2.18 bits per heavy atom. The zero-order chi connectivity index (χ0) is 19.5. The van der Waals surface area contributed by atoms with Gasteiger partial charge >= 0.3 is 0 Å². The van der Waals surface area contributed by atoms with Crippen LogP contribution in [-0.4, -0.2) is 47.2 Å². The summed E-state index contributed by atoms with van der Waals surface area (Å²) >= 11 is 0. The molecule has 28 heavy (non-hydrogen) atoms. The molecule has 1 aliphatic heterocycles. The molecule has 3 aromatic rings. The van der Waals surface area contributed by atoms with Crippen molar-refractivity contribution in [3.05, 3.63) is 77.4 Å². The number of nitrogens with zero attached hydrogens (tertiary/aromatic N) is 4. The van der Waals surface area contributed by atoms with Gasteiger partial charge in [-0.25, -0.2) is 0 Å². The summed E-state index contributed by atoms with van der Waals surface area (Å²) in [7, 11) is 0. The lowest BCUT2D eigenvalue weighted by atomic mass is 10.1. The highest BCUT2D eigenvalue weighted by molar-refractivity contribution is 5.95. The Morgan fingerprint density at radius 2 is 1.54 bits per heavy atom. The molecule has 1 fully saturated rings. The number of benzene rings is 2. The Hall–Kier alpha value is -3.21. The summed E-state index contributed by atoms with van der Waals surface area (Å²) in [6.07, 6.45) is 0. The monoisotopic (exact) mass is 372 g/mol. The Balaban J connectivity index is 1.40. The lowest BCUT2D eigenvalue weighted by Gasteiger charge is -2.35. The zero-order valence-corrected chi connectivity index (χ0v) is 16.3. The van der Waals surface area contributed by atoms with Crippen LogP contribution in [0.15, 0.2) is 60.7 Å². The fraction of sp³-hybridized carbons (Fsp3) is 0.261. The van der Waals surface area contributed by atoms with Crippen molar-refractivity contribution in [2.75, 3.05) is 31.1 Å². The average molecular weight is 372 g/mol. The number of amides is 1. The zero-order valence-electron chi connectivity index (χ0n) is 16.3. The predicted octanol–water partition coefficient (Wildman–Crippen LogP) is 3.72. The summed E-state index contributed by atoms with van der Waals surface area (Å²) in [6.45, 7) is 6.95. The molecule has 5 nitrogen and oxygen atoms in total. The van der Waals surface area contributed by atoms with Crippen molar-refractivity contribution >= 4 is 11.7 Å². The molecule has 1 saturated heterocycles. The van der Waals surface area contributed by atoms with Gasteiger partial charge in [-0.15, -0.1) is 10.2 Å². The van der Waals surface area contributed by atoms with E-state index in [1.54, 1.807) is 0 Å². The maximum absolute atomic E-state index is 12.8. The molecule has 0 radical (unpaired) electrons. The molecule has 0 N–H and O–H groups in total. The van der Waals surface area contributed by atoms with E-state index in [2.05, 4.69) is 46.3 Å². The Bertz CT molecular complexity index is 959. The smallest absolute Gasteiger partial charge is 0.254 e. The number of rotatable bonds is 3. The van der Waals surface area contributed by atoms with Gasteiger partial charge in [0.1, 0.15) is 0 Å². The highest BCUT2D eigenvalue weighted by Gasteiger charge is 2.23. The quantitative estimate of drug-likeness (QED) is 0.703. The summed E-state index contributed by atoms with van der Waals surface area (Å²) in [5.41, 5.74) is 4.98. The van der Waals surface area contributed by atoms with Crippen LogP contribution in [0.25, 0.3) is 11.3 Å². The van der Waals surface area contributed by atoms with E-state index in [1.165, 1.54) is 5.56 Å². The van der Waals surface area contributed by atoms with Gasteiger partial charge in [0.2, 0.25) is 0 Å². The minimum absolute atomic E-state index is 0.110. The Morgan fingerprint density at radius 1 is 0.821 bits per heavy atom. The van der Waals surface area contributed by atoms with Gasteiger partial charge in [-0.1, -0.05) is 48.0 Å². The summed E-state index contributed by atoms with van der Waals surface area (Å²) in [5.74, 6) is 0.970. The first-order valence-electron chi connectivity index (χ1n) is 9.62. The van der Waals surface area contributed by atoms with E-state index >= 15 is 0 Å². The largest absolute Gasteiger partial charge is 0.352 e. The second-order valence-corrected chi connectivity index (χ2v) is 7.24. The maximum atomic E-state index is 12.8. The predicted molar refractivity (Wildman–Crippen MR) is 112 cm³/mol. The fourth-order valence-electron chi connectivity index (χ4n) is 3.49. The standard InChI is InChI=1S/C23H24N4O/c1-17-7-9-19(10-8-17)21-11-12-22(25-24-21)26-13-15-27(16-14-26)23(28)20-6-4-3-5-18(20)2/h3-12H,13-16H2,1-2H3. The number of hydrogen-bond acceptors (Lipinski definition) is 4. The molecule has 0 unspecified atom stereocenters. The highest BCUT2D eigenvalue weighted by Crippen LogP contribution is 2.20. The molecule has 0 aliphatic carbocycles. The molecular weight excluding hydrogens is 348 g/mol. The SMILES string of the molecule is Cc1ccc(-c2ccc(N3CCN(C(=O)c4ccccc4C)CC3)nn2)cc1. The van der Waals surface area contributed by atoms with Gasteiger partial charge in [0, 0.05) is 37.3 Å². The van der Waals surface area contributed by atoms with E-state index < -0.39 is 0 Å². The van der Waals surface area contributed by atoms with E-state index in [4.69, 9.17) is 0 Å². The van der Waals surface area contributed by atoms with Crippen molar-refractivity contribution in [1.82, 2.24) is 15.1 Å². The van der Waals surface area contributed by atoms with Gasteiger partial charge < -0.3 is 9.80 Å². The van der Waals surface area contributed by atoms with Gasteiger partial charge in [0.05, 0.1) is 5.69 Å². The summed E-state index contributed by atoms with van der Waals surface area (Å²) in [6, 6.07) is 20.1.